The molecule has 1 aromatic rings. The van der Waals surface area contributed by atoms with Crippen molar-refractivity contribution in [2.75, 3.05) is 30.9 Å². The Balaban J connectivity index is 2.43. The summed E-state index contributed by atoms with van der Waals surface area (Å²) < 4.78 is 0. The SMILES string of the molecule is CNCC(C)(C)N1C(=O)CCc2cc(NC)ccc21. The third-order valence-corrected chi connectivity index (χ3v) is 3.68. The van der Waals surface area contributed by atoms with Gasteiger partial charge in [-0.3, -0.25) is 4.79 Å². The van der Waals surface area contributed by atoms with Gasteiger partial charge in [-0.15, -0.1) is 0 Å². The first-order valence-electron chi connectivity index (χ1n) is 6.78. The molecule has 0 spiro atoms. The van der Waals surface area contributed by atoms with E-state index < -0.39 is 0 Å². The summed E-state index contributed by atoms with van der Waals surface area (Å²) >= 11 is 0. The highest BCUT2D eigenvalue weighted by Crippen LogP contribution is 2.34. The normalized spacial score (nSPS) is 15.4. The fraction of sp³-hybridized carbons (Fsp3) is 0.533. The van der Waals surface area contributed by atoms with Crippen LogP contribution in [-0.2, 0) is 11.2 Å². The van der Waals surface area contributed by atoms with E-state index >= 15 is 0 Å². The molecule has 19 heavy (non-hydrogen) atoms. The van der Waals surface area contributed by atoms with Crippen LogP contribution in [0, 0.1) is 0 Å². The summed E-state index contributed by atoms with van der Waals surface area (Å²) in [5, 5.41) is 6.32. The number of nitrogens with one attached hydrogen (secondary N) is 2. The van der Waals surface area contributed by atoms with Crippen LogP contribution in [0.4, 0.5) is 11.4 Å². The van der Waals surface area contributed by atoms with Gasteiger partial charge in [-0.05, 0) is 51.1 Å². The molecule has 4 heteroatoms. The molecule has 1 aliphatic rings. The number of carbonyl (C=O) groups excluding carboxylic acids is 1. The average Bonchev–Trinajstić information content (AvgIpc) is 2.37. The Morgan fingerprint density at radius 3 is 2.63 bits per heavy atom. The van der Waals surface area contributed by atoms with Gasteiger partial charge in [-0.2, -0.15) is 0 Å². The lowest BCUT2D eigenvalue weighted by atomic mass is 9.93. The molecule has 0 aliphatic carbocycles. The predicted molar refractivity (Wildman–Crippen MR) is 79.8 cm³/mol. The zero-order chi connectivity index (χ0) is 14.0. The number of benzene rings is 1. The van der Waals surface area contributed by atoms with Crippen LogP contribution in [0.1, 0.15) is 25.8 Å². The van der Waals surface area contributed by atoms with Crippen LogP contribution >= 0.6 is 0 Å². The highest BCUT2D eigenvalue weighted by atomic mass is 16.2. The molecule has 0 saturated heterocycles. The molecular weight excluding hydrogens is 238 g/mol. The van der Waals surface area contributed by atoms with Crippen LogP contribution in [0.3, 0.4) is 0 Å². The van der Waals surface area contributed by atoms with E-state index in [1.54, 1.807) is 0 Å². The second kappa shape index (κ2) is 5.21. The number of likely N-dealkylation sites (N-methyl/N-ethyl adjacent to an activating group) is 1. The summed E-state index contributed by atoms with van der Waals surface area (Å²) in [7, 11) is 3.83. The molecule has 0 fully saturated rings. The van der Waals surface area contributed by atoms with Gasteiger partial charge in [0.15, 0.2) is 0 Å². The molecule has 104 valence electrons. The molecule has 0 saturated carbocycles. The lowest BCUT2D eigenvalue weighted by Gasteiger charge is -2.42. The van der Waals surface area contributed by atoms with Crippen molar-refractivity contribution in [3.8, 4) is 0 Å². The Morgan fingerprint density at radius 1 is 1.26 bits per heavy atom. The summed E-state index contributed by atoms with van der Waals surface area (Å²) in [6, 6.07) is 6.22. The monoisotopic (exact) mass is 261 g/mol. The van der Waals surface area contributed by atoms with Gasteiger partial charge in [0, 0.05) is 31.4 Å². The number of anilines is 2. The fourth-order valence-electron chi connectivity index (χ4n) is 2.82. The number of aryl methyl sites for hydroxylation is 1. The van der Waals surface area contributed by atoms with Gasteiger partial charge in [0.1, 0.15) is 0 Å². The fourth-order valence-corrected chi connectivity index (χ4v) is 2.82. The van der Waals surface area contributed by atoms with Crippen molar-refractivity contribution in [3.05, 3.63) is 23.8 Å². The Hall–Kier alpha value is -1.55. The van der Waals surface area contributed by atoms with E-state index in [0.717, 1.165) is 24.3 Å². The first kappa shape index (κ1) is 13.9. The van der Waals surface area contributed by atoms with Gasteiger partial charge in [0.05, 0.1) is 5.54 Å². The number of amides is 1. The van der Waals surface area contributed by atoms with Crippen LogP contribution in [0.5, 0.6) is 0 Å². The van der Waals surface area contributed by atoms with Crippen molar-refractivity contribution in [3.63, 3.8) is 0 Å². The molecule has 2 rings (SSSR count). The molecule has 1 aliphatic heterocycles. The van der Waals surface area contributed by atoms with Gasteiger partial charge in [0.25, 0.3) is 0 Å². The van der Waals surface area contributed by atoms with Crippen LogP contribution in [0.25, 0.3) is 0 Å². The zero-order valence-electron chi connectivity index (χ0n) is 12.2. The Bertz CT molecular complexity index is 482. The third kappa shape index (κ3) is 2.59. The minimum atomic E-state index is -0.220. The van der Waals surface area contributed by atoms with E-state index in [1.807, 2.05) is 25.1 Å². The third-order valence-electron chi connectivity index (χ3n) is 3.68. The van der Waals surface area contributed by atoms with Crippen molar-refractivity contribution in [2.24, 2.45) is 0 Å². The molecule has 1 amide bonds. The van der Waals surface area contributed by atoms with Gasteiger partial charge in [0.2, 0.25) is 5.91 Å². The first-order valence-corrected chi connectivity index (χ1v) is 6.78. The molecule has 0 radical (unpaired) electrons. The lowest BCUT2D eigenvalue weighted by molar-refractivity contribution is -0.120. The molecule has 4 nitrogen and oxygen atoms in total. The van der Waals surface area contributed by atoms with Gasteiger partial charge >= 0.3 is 0 Å². The number of hydrogen-bond acceptors (Lipinski definition) is 3. The smallest absolute Gasteiger partial charge is 0.227 e. The van der Waals surface area contributed by atoms with E-state index in [2.05, 4.69) is 36.6 Å². The highest BCUT2D eigenvalue weighted by Gasteiger charge is 2.35. The quantitative estimate of drug-likeness (QED) is 0.871. The van der Waals surface area contributed by atoms with Crippen LogP contribution < -0.4 is 15.5 Å². The predicted octanol–water partition coefficient (Wildman–Crippen LogP) is 2.01. The Kier molecular flexibility index (Phi) is 3.80. The number of rotatable bonds is 4. The van der Waals surface area contributed by atoms with Crippen molar-refractivity contribution < 1.29 is 4.79 Å². The molecule has 0 aromatic heterocycles. The van der Waals surface area contributed by atoms with E-state index in [1.165, 1.54) is 5.56 Å². The molecule has 2 N–H and O–H groups in total. The molecule has 0 bridgehead atoms. The Morgan fingerprint density at radius 2 is 2.00 bits per heavy atom. The largest absolute Gasteiger partial charge is 0.388 e. The van der Waals surface area contributed by atoms with E-state index in [9.17, 15) is 4.79 Å². The van der Waals surface area contributed by atoms with Crippen molar-refractivity contribution in [1.82, 2.24) is 5.32 Å². The molecule has 0 atom stereocenters. The maximum Gasteiger partial charge on any atom is 0.227 e. The van der Waals surface area contributed by atoms with Crippen LogP contribution in [0.15, 0.2) is 18.2 Å². The van der Waals surface area contributed by atoms with Crippen LogP contribution in [-0.4, -0.2) is 32.1 Å². The molecule has 1 aromatic carbocycles. The number of fused-ring (bicyclic) bond motifs is 1. The number of carbonyl (C=O) groups is 1. The van der Waals surface area contributed by atoms with Gasteiger partial charge < -0.3 is 15.5 Å². The maximum absolute atomic E-state index is 12.3. The second-order valence-corrected chi connectivity index (χ2v) is 5.67. The summed E-state index contributed by atoms with van der Waals surface area (Å²) in [5.41, 5.74) is 3.17. The minimum Gasteiger partial charge on any atom is -0.388 e. The van der Waals surface area contributed by atoms with Crippen molar-refractivity contribution >= 4 is 17.3 Å². The van der Waals surface area contributed by atoms with E-state index in [0.29, 0.717) is 6.42 Å². The summed E-state index contributed by atoms with van der Waals surface area (Å²) in [6.07, 6.45) is 1.42. The first-order chi connectivity index (χ1) is 8.99. The summed E-state index contributed by atoms with van der Waals surface area (Å²) in [4.78, 5) is 14.3. The lowest BCUT2D eigenvalue weighted by Crippen LogP contribution is -2.54. The average molecular weight is 261 g/mol. The number of hydrogen-bond donors (Lipinski definition) is 2. The topological polar surface area (TPSA) is 44.4 Å². The molecule has 0 unspecified atom stereocenters. The van der Waals surface area contributed by atoms with E-state index in [-0.39, 0.29) is 11.4 Å². The number of nitrogens with zero attached hydrogens (tertiary/aromatic N) is 1. The Labute approximate surface area is 115 Å². The second-order valence-electron chi connectivity index (χ2n) is 5.67. The van der Waals surface area contributed by atoms with Crippen molar-refractivity contribution in [1.29, 1.82) is 0 Å². The summed E-state index contributed by atoms with van der Waals surface area (Å²) in [6.45, 7) is 4.97. The minimum absolute atomic E-state index is 0.213. The zero-order valence-corrected chi connectivity index (χ0v) is 12.2. The van der Waals surface area contributed by atoms with Gasteiger partial charge in [-0.25, -0.2) is 0 Å². The maximum atomic E-state index is 12.3. The van der Waals surface area contributed by atoms with Crippen molar-refractivity contribution in [2.45, 2.75) is 32.2 Å². The molecular formula is C15H23N3O. The van der Waals surface area contributed by atoms with E-state index in [4.69, 9.17) is 0 Å². The molecule has 1 heterocycles. The van der Waals surface area contributed by atoms with Gasteiger partial charge in [-0.1, -0.05) is 0 Å². The highest BCUT2D eigenvalue weighted by molar-refractivity contribution is 5.98. The summed E-state index contributed by atoms with van der Waals surface area (Å²) in [5.74, 6) is 0.213. The van der Waals surface area contributed by atoms with Crippen LogP contribution in [0.2, 0.25) is 0 Å². The standard InChI is InChI=1S/C15H23N3O/c1-15(2,10-16-3)18-13-7-6-12(17-4)9-11(13)5-8-14(18)19/h6-7,9,16-17H,5,8,10H2,1-4H3.